The van der Waals surface area contributed by atoms with Crippen LogP contribution in [0.15, 0.2) is 0 Å². The van der Waals surface area contributed by atoms with Crippen molar-refractivity contribution in [3.8, 4) is 0 Å². The van der Waals surface area contributed by atoms with E-state index in [-0.39, 0.29) is 64.8 Å². The van der Waals surface area contributed by atoms with Crippen LogP contribution in [-0.4, -0.2) is 90.3 Å². The monoisotopic (exact) mass is 463 g/mol. The van der Waals surface area contributed by atoms with Gasteiger partial charge in [0.25, 0.3) is 0 Å². The van der Waals surface area contributed by atoms with E-state index >= 15 is 0 Å². The van der Waals surface area contributed by atoms with Gasteiger partial charge in [0.1, 0.15) is 5.54 Å². The normalized spacial score (nSPS) is 11.6. The zero-order valence-electron chi connectivity index (χ0n) is 19.9. The summed E-state index contributed by atoms with van der Waals surface area (Å²) in [5.41, 5.74) is -1.85. The van der Waals surface area contributed by atoms with Gasteiger partial charge in [-0.15, -0.1) is 0 Å². The van der Waals surface area contributed by atoms with E-state index in [0.29, 0.717) is 0 Å². The predicted octanol–water partition coefficient (Wildman–Crippen LogP) is 0.627. The first-order chi connectivity index (χ1) is 15.0. The quantitative estimate of drug-likeness (QED) is 0.197. The third-order valence-electron chi connectivity index (χ3n) is 4.23. The lowest BCUT2D eigenvalue weighted by Gasteiger charge is -2.36. The Morgan fingerprint density at radius 3 is 1.19 bits per heavy atom. The largest absolute Gasteiger partial charge is 0.469 e. The predicted molar refractivity (Wildman–Crippen MR) is 113 cm³/mol. The molecule has 11 heteroatoms. The summed E-state index contributed by atoms with van der Waals surface area (Å²) in [6.45, 7) is 5.31. The molecule has 0 spiro atoms. The standard InChI is InChI=1S/C21H37NO10/c1-20(2,3)19(26)22-21(13-30-10-7-16(23)27-4,14-31-11-8-17(24)28-5)15-32-12-9-18(25)29-6/h7-15H2,1-6H3,(H,22,26). The van der Waals surface area contributed by atoms with Crippen molar-refractivity contribution in [1.82, 2.24) is 5.32 Å². The Labute approximate surface area is 189 Å². The number of amides is 1. The number of esters is 3. The first-order valence-electron chi connectivity index (χ1n) is 10.3. The van der Waals surface area contributed by atoms with Crippen LogP contribution in [0.25, 0.3) is 0 Å². The minimum Gasteiger partial charge on any atom is -0.469 e. The molecule has 0 aromatic rings. The molecule has 0 bridgehead atoms. The highest BCUT2D eigenvalue weighted by molar-refractivity contribution is 5.82. The summed E-state index contributed by atoms with van der Waals surface area (Å²) in [4.78, 5) is 46.8. The summed E-state index contributed by atoms with van der Waals surface area (Å²) in [6.07, 6.45) is 0.102. The zero-order valence-corrected chi connectivity index (χ0v) is 19.9. The molecule has 0 unspecified atom stereocenters. The highest BCUT2D eigenvalue weighted by Crippen LogP contribution is 2.18. The molecule has 0 aliphatic rings. The Hall–Kier alpha value is -2.24. The van der Waals surface area contributed by atoms with Crippen LogP contribution in [0.4, 0.5) is 0 Å². The van der Waals surface area contributed by atoms with Gasteiger partial charge in [-0.05, 0) is 0 Å². The maximum absolute atomic E-state index is 12.7. The molecule has 0 rings (SSSR count). The van der Waals surface area contributed by atoms with Crippen molar-refractivity contribution in [2.24, 2.45) is 5.41 Å². The maximum atomic E-state index is 12.7. The first-order valence-corrected chi connectivity index (χ1v) is 10.3. The van der Waals surface area contributed by atoms with Crippen LogP contribution in [0.1, 0.15) is 40.0 Å². The average molecular weight is 464 g/mol. The topological polar surface area (TPSA) is 136 Å². The molecule has 0 heterocycles. The number of methoxy groups -OCH3 is 3. The molecule has 0 atom stereocenters. The van der Waals surface area contributed by atoms with Gasteiger partial charge < -0.3 is 33.7 Å². The molecule has 0 aromatic carbocycles. The van der Waals surface area contributed by atoms with Crippen molar-refractivity contribution in [1.29, 1.82) is 0 Å². The number of ether oxygens (including phenoxy) is 6. The lowest BCUT2D eigenvalue weighted by Crippen LogP contribution is -2.60. The molecular weight excluding hydrogens is 426 g/mol. The van der Waals surface area contributed by atoms with Gasteiger partial charge in [0, 0.05) is 5.41 Å². The van der Waals surface area contributed by atoms with Crippen molar-refractivity contribution in [3.63, 3.8) is 0 Å². The van der Waals surface area contributed by atoms with Gasteiger partial charge in [-0.25, -0.2) is 0 Å². The molecule has 1 amide bonds. The second-order valence-electron chi connectivity index (χ2n) is 8.12. The maximum Gasteiger partial charge on any atom is 0.307 e. The van der Waals surface area contributed by atoms with Crippen molar-refractivity contribution in [3.05, 3.63) is 0 Å². The smallest absolute Gasteiger partial charge is 0.307 e. The SMILES string of the molecule is COC(=O)CCOCC(COCCC(=O)OC)(COCCC(=O)OC)NC(=O)C(C)(C)C. The number of nitrogens with one attached hydrogen (secondary N) is 1. The molecule has 32 heavy (non-hydrogen) atoms. The number of carbonyl (C=O) groups excluding carboxylic acids is 4. The second kappa shape index (κ2) is 15.5. The molecule has 0 saturated heterocycles. The van der Waals surface area contributed by atoms with Gasteiger partial charge in [-0.3, -0.25) is 19.2 Å². The third-order valence-corrected chi connectivity index (χ3v) is 4.23. The van der Waals surface area contributed by atoms with E-state index in [2.05, 4.69) is 19.5 Å². The minimum absolute atomic E-state index is 0.0339. The van der Waals surface area contributed by atoms with Gasteiger partial charge in [0.15, 0.2) is 0 Å². The van der Waals surface area contributed by atoms with E-state index in [1.165, 1.54) is 21.3 Å². The van der Waals surface area contributed by atoms with Crippen molar-refractivity contribution >= 4 is 23.8 Å². The fourth-order valence-electron chi connectivity index (χ4n) is 2.24. The summed E-state index contributed by atoms with van der Waals surface area (Å²) >= 11 is 0. The van der Waals surface area contributed by atoms with Gasteiger partial charge in [0.2, 0.25) is 5.91 Å². The highest BCUT2D eigenvalue weighted by atomic mass is 16.5. The van der Waals surface area contributed by atoms with Crippen LogP contribution < -0.4 is 5.32 Å². The molecule has 0 aliphatic carbocycles. The van der Waals surface area contributed by atoms with Crippen molar-refractivity contribution in [2.45, 2.75) is 45.6 Å². The van der Waals surface area contributed by atoms with Crippen LogP contribution in [0.2, 0.25) is 0 Å². The van der Waals surface area contributed by atoms with Crippen LogP contribution in [0, 0.1) is 5.41 Å². The van der Waals surface area contributed by atoms with Gasteiger partial charge in [-0.2, -0.15) is 0 Å². The molecule has 186 valence electrons. The number of hydrogen-bond donors (Lipinski definition) is 1. The summed E-state index contributed by atoms with van der Waals surface area (Å²) < 4.78 is 30.6. The van der Waals surface area contributed by atoms with E-state index in [4.69, 9.17) is 14.2 Å². The zero-order chi connectivity index (χ0) is 24.6. The molecule has 0 aromatic heterocycles. The lowest BCUT2D eigenvalue weighted by atomic mass is 9.92. The number of carbonyl (C=O) groups is 4. The van der Waals surface area contributed by atoms with E-state index in [9.17, 15) is 19.2 Å². The van der Waals surface area contributed by atoms with E-state index in [0.717, 1.165) is 0 Å². The summed E-state index contributed by atoms with van der Waals surface area (Å²) in [5, 5.41) is 2.91. The molecule has 1 N–H and O–H groups in total. The van der Waals surface area contributed by atoms with Crippen LogP contribution in [0.3, 0.4) is 0 Å². The summed E-state index contributed by atoms with van der Waals surface area (Å²) in [7, 11) is 3.83. The fraction of sp³-hybridized carbons (Fsp3) is 0.810. The molecule has 11 nitrogen and oxygen atoms in total. The lowest BCUT2D eigenvalue weighted by molar-refractivity contribution is -0.144. The van der Waals surface area contributed by atoms with Crippen LogP contribution >= 0.6 is 0 Å². The molecule has 0 aliphatic heterocycles. The Bertz CT molecular complexity index is 540. The Balaban J connectivity index is 5.32. The summed E-state index contributed by atoms with van der Waals surface area (Å²) in [5.74, 6) is -1.57. The van der Waals surface area contributed by atoms with Crippen LogP contribution in [0.5, 0.6) is 0 Å². The first kappa shape index (κ1) is 29.8. The molecule has 0 fully saturated rings. The molecule has 0 saturated carbocycles. The summed E-state index contributed by atoms with van der Waals surface area (Å²) in [6, 6.07) is 0. The van der Waals surface area contributed by atoms with E-state index < -0.39 is 28.9 Å². The highest BCUT2D eigenvalue weighted by Gasteiger charge is 2.37. The Morgan fingerprint density at radius 1 is 0.625 bits per heavy atom. The number of rotatable bonds is 16. The minimum atomic E-state index is -1.13. The van der Waals surface area contributed by atoms with E-state index in [1.807, 2.05) is 0 Å². The third kappa shape index (κ3) is 13.2. The number of hydrogen-bond acceptors (Lipinski definition) is 10. The second-order valence-corrected chi connectivity index (χ2v) is 8.12. The van der Waals surface area contributed by atoms with Crippen molar-refractivity contribution in [2.75, 3.05) is 61.0 Å². The van der Waals surface area contributed by atoms with E-state index in [1.54, 1.807) is 20.8 Å². The van der Waals surface area contributed by atoms with Gasteiger partial charge >= 0.3 is 17.9 Å². The van der Waals surface area contributed by atoms with Gasteiger partial charge in [0.05, 0.1) is 80.2 Å². The Kier molecular flexibility index (Phi) is 14.5. The van der Waals surface area contributed by atoms with Gasteiger partial charge in [-0.1, -0.05) is 20.8 Å². The fourth-order valence-corrected chi connectivity index (χ4v) is 2.24. The van der Waals surface area contributed by atoms with Crippen molar-refractivity contribution < 1.29 is 47.6 Å². The molecule has 0 radical (unpaired) electrons. The van der Waals surface area contributed by atoms with Crippen LogP contribution in [-0.2, 0) is 47.6 Å². The Morgan fingerprint density at radius 2 is 0.938 bits per heavy atom. The average Bonchev–Trinajstić information content (AvgIpc) is 2.75. The molecular formula is C21H37NO10.